The van der Waals surface area contributed by atoms with Gasteiger partial charge >= 0.3 is 6.18 Å². The van der Waals surface area contributed by atoms with E-state index in [9.17, 15) is 13.2 Å². The highest BCUT2D eigenvalue weighted by Crippen LogP contribution is 2.43. The maximum absolute atomic E-state index is 13.1. The van der Waals surface area contributed by atoms with Crippen LogP contribution in [0.25, 0.3) is 10.9 Å². The molecule has 23 heavy (non-hydrogen) atoms. The number of nitrogens with zero attached hydrogens (tertiary/aromatic N) is 2. The summed E-state index contributed by atoms with van der Waals surface area (Å²) in [5.74, 6) is 0. The van der Waals surface area contributed by atoms with E-state index >= 15 is 0 Å². The fourth-order valence-electron chi connectivity index (χ4n) is 2.06. The van der Waals surface area contributed by atoms with Gasteiger partial charge < -0.3 is 4.74 Å². The SMILES string of the molecule is C[Si](C)(C)CCOCn1ncc2cc(Cl)c(C(F)(F)F)c(Br)c21. The zero-order chi connectivity index (χ0) is 17.4. The summed E-state index contributed by atoms with van der Waals surface area (Å²) in [5.41, 5.74) is -0.565. The monoisotopic (exact) mass is 428 g/mol. The van der Waals surface area contributed by atoms with Crippen LogP contribution < -0.4 is 0 Å². The molecule has 0 aliphatic carbocycles. The summed E-state index contributed by atoms with van der Waals surface area (Å²) in [5, 5.41) is 4.28. The number of aromatic nitrogens is 2. The molecule has 1 aromatic heterocycles. The lowest BCUT2D eigenvalue weighted by molar-refractivity contribution is -0.138. The van der Waals surface area contributed by atoms with E-state index in [2.05, 4.69) is 40.7 Å². The van der Waals surface area contributed by atoms with Crippen LogP contribution in [0.3, 0.4) is 0 Å². The van der Waals surface area contributed by atoms with Crippen molar-refractivity contribution in [2.24, 2.45) is 0 Å². The predicted molar refractivity (Wildman–Crippen MR) is 91.6 cm³/mol. The Labute approximate surface area is 146 Å². The molecule has 128 valence electrons. The molecular formula is C14H17BrClF3N2OSi. The Bertz CT molecular complexity index is 713. The first-order valence-corrected chi connectivity index (χ1v) is 11.9. The Balaban J connectivity index is 2.29. The number of benzene rings is 1. The van der Waals surface area contributed by atoms with E-state index in [0.29, 0.717) is 17.5 Å². The van der Waals surface area contributed by atoms with Gasteiger partial charge in [-0.25, -0.2) is 4.68 Å². The lowest BCUT2D eigenvalue weighted by Gasteiger charge is -2.16. The molecule has 2 aromatic rings. The molecule has 3 nitrogen and oxygen atoms in total. The van der Waals surface area contributed by atoms with Crippen molar-refractivity contribution in [3.8, 4) is 0 Å². The first-order chi connectivity index (χ1) is 10.5. The fraction of sp³-hybridized carbons (Fsp3) is 0.500. The van der Waals surface area contributed by atoms with Crippen molar-refractivity contribution in [1.82, 2.24) is 9.78 Å². The standard InChI is InChI=1S/C14H17BrClF3N2OSi/c1-23(2,3)5-4-22-8-21-13-9(7-20-21)6-10(16)11(12(13)15)14(17,18)19/h6-7H,4-5,8H2,1-3H3. The van der Waals surface area contributed by atoms with Crippen LogP contribution in [0.5, 0.6) is 0 Å². The van der Waals surface area contributed by atoms with Crippen LogP contribution >= 0.6 is 27.5 Å². The molecule has 1 aromatic carbocycles. The molecule has 0 spiro atoms. The van der Waals surface area contributed by atoms with Gasteiger partial charge in [0, 0.05) is 20.1 Å². The van der Waals surface area contributed by atoms with E-state index in [1.807, 2.05) is 0 Å². The Kier molecular flexibility index (Phi) is 5.50. The van der Waals surface area contributed by atoms with Crippen molar-refractivity contribution in [2.75, 3.05) is 6.61 Å². The van der Waals surface area contributed by atoms with E-state index in [4.69, 9.17) is 16.3 Å². The summed E-state index contributed by atoms with van der Waals surface area (Å²) in [4.78, 5) is 0. The van der Waals surface area contributed by atoms with Crippen LogP contribution in [0.1, 0.15) is 5.56 Å². The average molecular weight is 430 g/mol. The van der Waals surface area contributed by atoms with Crippen LogP contribution in [0.15, 0.2) is 16.7 Å². The molecule has 1 heterocycles. The summed E-state index contributed by atoms with van der Waals surface area (Å²) in [6.07, 6.45) is -3.06. The molecule has 0 amide bonds. The zero-order valence-corrected chi connectivity index (χ0v) is 16.3. The number of hydrogen-bond acceptors (Lipinski definition) is 2. The third-order valence-electron chi connectivity index (χ3n) is 3.31. The Hall–Kier alpha value is -0.573. The van der Waals surface area contributed by atoms with Gasteiger partial charge in [0.15, 0.2) is 0 Å². The molecule has 9 heteroatoms. The second-order valence-electron chi connectivity index (χ2n) is 6.48. The number of hydrogen-bond donors (Lipinski definition) is 0. The fourth-order valence-corrected chi connectivity index (χ4v) is 4.13. The van der Waals surface area contributed by atoms with Crippen LogP contribution in [0.4, 0.5) is 13.2 Å². The van der Waals surface area contributed by atoms with Gasteiger partial charge in [0.25, 0.3) is 0 Å². The van der Waals surface area contributed by atoms with Crippen molar-refractivity contribution in [3.05, 3.63) is 27.3 Å². The molecule has 0 aliphatic rings. The van der Waals surface area contributed by atoms with Crippen LogP contribution in [-0.4, -0.2) is 24.5 Å². The molecule has 0 unspecified atom stereocenters. The lowest BCUT2D eigenvalue weighted by atomic mass is 10.1. The number of alkyl halides is 3. The van der Waals surface area contributed by atoms with E-state index in [1.165, 1.54) is 16.9 Å². The average Bonchev–Trinajstić information content (AvgIpc) is 2.75. The van der Waals surface area contributed by atoms with E-state index in [-0.39, 0.29) is 16.2 Å². The maximum Gasteiger partial charge on any atom is 0.419 e. The highest BCUT2D eigenvalue weighted by molar-refractivity contribution is 9.10. The van der Waals surface area contributed by atoms with Gasteiger partial charge in [-0.15, -0.1) is 0 Å². The predicted octanol–water partition coefficient (Wildman–Crippen LogP) is 5.78. The van der Waals surface area contributed by atoms with Gasteiger partial charge in [0.05, 0.1) is 26.8 Å². The summed E-state index contributed by atoms with van der Waals surface area (Å²) in [6, 6.07) is 2.25. The van der Waals surface area contributed by atoms with Crippen molar-refractivity contribution in [1.29, 1.82) is 0 Å². The minimum atomic E-state index is -4.54. The quantitative estimate of drug-likeness (QED) is 0.445. The van der Waals surface area contributed by atoms with E-state index < -0.39 is 19.8 Å². The molecular weight excluding hydrogens is 413 g/mol. The normalized spacial score (nSPS) is 13.0. The third kappa shape index (κ3) is 4.49. The number of rotatable bonds is 5. The highest BCUT2D eigenvalue weighted by Gasteiger charge is 2.37. The zero-order valence-electron chi connectivity index (χ0n) is 13.0. The topological polar surface area (TPSA) is 27.1 Å². The molecule has 0 atom stereocenters. The minimum Gasteiger partial charge on any atom is -0.360 e. The summed E-state index contributed by atoms with van der Waals surface area (Å²) in [7, 11) is -1.22. The second kappa shape index (κ2) is 6.74. The number of halogens is 5. The Morgan fingerprint density at radius 1 is 1.35 bits per heavy atom. The summed E-state index contributed by atoms with van der Waals surface area (Å²) in [6.45, 7) is 7.36. The highest BCUT2D eigenvalue weighted by atomic mass is 79.9. The van der Waals surface area contributed by atoms with Crippen LogP contribution in [0.2, 0.25) is 30.7 Å². The van der Waals surface area contributed by atoms with Gasteiger partial charge in [-0.2, -0.15) is 18.3 Å². The van der Waals surface area contributed by atoms with Crippen molar-refractivity contribution in [3.63, 3.8) is 0 Å². The Morgan fingerprint density at radius 3 is 2.57 bits per heavy atom. The summed E-state index contributed by atoms with van der Waals surface area (Å²) >= 11 is 8.79. The molecule has 0 fully saturated rings. The van der Waals surface area contributed by atoms with E-state index in [1.54, 1.807) is 0 Å². The molecule has 0 saturated heterocycles. The van der Waals surface area contributed by atoms with Crippen molar-refractivity contribution in [2.45, 2.75) is 38.6 Å². The van der Waals surface area contributed by atoms with E-state index in [0.717, 1.165) is 6.04 Å². The van der Waals surface area contributed by atoms with Gasteiger partial charge in [-0.3, -0.25) is 0 Å². The van der Waals surface area contributed by atoms with Gasteiger partial charge in [0.1, 0.15) is 6.73 Å². The third-order valence-corrected chi connectivity index (χ3v) is 6.08. The molecule has 0 bridgehead atoms. The first kappa shape index (κ1) is 18.8. The van der Waals surface area contributed by atoms with Gasteiger partial charge in [0.2, 0.25) is 0 Å². The van der Waals surface area contributed by atoms with Crippen LogP contribution in [0, 0.1) is 0 Å². The van der Waals surface area contributed by atoms with Crippen LogP contribution in [-0.2, 0) is 17.6 Å². The molecule has 0 aliphatic heterocycles. The second-order valence-corrected chi connectivity index (χ2v) is 13.3. The molecule has 0 N–H and O–H groups in total. The first-order valence-electron chi connectivity index (χ1n) is 6.99. The van der Waals surface area contributed by atoms with Gasteiger partial charge in [-0.1, -0.05) is 31.2 Å². The molecule has 0 saturated carbocycles. The number of fused-ring (bicyclic) bond motifs is 1. The maximum atomic E-state index is 13.1. The number of ether oxygens (including phenoxy) is 1. The smallest absolute Gasteiger partial charge is 0.360 e. The largest absolute Gasteiger partial charge is 0.419 e. The minimum absolute atomic E-state index is 0.103. The Morgan fingerprint density at radius 2 is 2.00 bits per heavy atom. The molecule has 0 radical (unpaired) electrons. The molecule has 2 rings (SSSR count). The summed E-state index contributed by atoms with van der Waals surface area (Å²) < 4.78 is 46.3. The lowest BCUT2D eigenvalue weighted by Crippen LogP contribution is -2.22. The van der Waals surface area contributed by atoms with Gasteiger partial charge in [-0.05, 0) is 28.0 Å². The van der Waals surface area contributed by atoms with Crippen molar-refractivity contribution >= 4 is 46.5 Å². The van der Waals surface area contributed by atoms with Crippen molar-refractivity contribution < 1.29 is 17.9 Å².